The number of hydrogen-bond acceptors (Lipinski definition) is 4. The van der Waals surface area contributed by atoms with E-state index < -0.39 is 21.9 Å². The van der Waals surface area contributed by atoms with Crippen molar-refractivity contribution in [3.8, 4) is 0 Å². The Labute approximate surface area is 135 Å². The average Bonchev–Trinajstić information content (AvgIpc) is 2.80. The molecule has 1 saturated heterocycles. The molecule has 2 N–H and O–H groups in total. The SMILES string of the molecule is Cc1ccc(NC(=O)N(CCO)[C@@H]2CCS(=O)(=O)C2)cc1Cl. The van der Waals surface area contributed by atoms with E-state index in [-0.39, 0.29) is 24.7 Å². The summed E-state index contributed by atoms with van der Waals surface area (Å²) >= 11 is 6.02. The number of anilines is 1. The zero-order valence-electron chi connectivity index (χ0n) is 12.3. The number of aliphatic hydroxyl groups is 1. The van der Waals surface area contributed by atoms with Crippen molar-refractivity contribution in [3.05, 3.63) is 28.8 Å². The summed E-state index contributed by atoms with van der Waals surface area (Å²) in [5, 5.41) is 12.4. The molecule has 1 fully saturated rings. The molecule has 6 nitrogen and oxygen atoms in total. The second kappa shape index (κ2) is 6.85. The molecule has 0 unspecified atom stereocenters. The van der Waals surface area contributed by atoms with Gasteiger partial charge in [0.25, 0.3) is 0 Å². The van der Waals surface area contributed by atoms with Gasteiger partial charge in [-0.1, -0.05) is 17.7 Å². The van der Waals surface area contributed by atoms with E-state index in [1.807, 2.05) is 6.92 Å². The van der Waals surface area contributed by atoms with Crippen molar-refractivity contribution in [3.63, 3.8) is 0 Å². The van der Waals surface area contributed by atoms with Crippen LogP contribution in [0.5, 0.6) is 0 Å². The number of benzene rings is 1. The van der Waals surface area contributed by atoms with Crippen LogP contribution in [0.3, 0.4) is 0 Å². The molecule has 0 saturated carbocycles. The Balaban J connectivity index is 2.11. The first-order valence-corrected chi connectivity index (χ1v) is 9.17. The van der Waals surface area contributed by atoms with E-state index in [9.17, 15) is 13.2 Å². The molecule has 2 amide bonds. The van der Waals surface area contributed by atoms with Crippen LogP contribution in [0.1, 0.15) is 12.0 Å². The minimum atomic E-state index is -3.10. The lowest BCUT2D eigenvalue weighted by Crippen LogP contribution is -2.45. The number of nitrogens with one attached hydrogen (secondary N) is 1. The van der Waals surface area contributed by atoms with E-state index >= 15 is 0 Å². The van der Waals surface area contributed by atoms with Gasteiger partial charge < -0.3 is 15.3 Å². The smallest absolute Gasteiger partial charge is 0.322 e. The molecule has 1 heterocycles. The molecule has 22 heavy (non-hydrogen) atoms. The predicted molar refractivity (Wildman–Crippen MR) is 86.1 cm³/mol. The molecule has 122 valence electrons. The van der Waals surface area contributed by atoms with Crippen molar-refractivity contribution in [2.75, 3.05) is 30.0 Å². The summed E-state index contributed by atoms with van der Waals surface area (Å²) in [7, 11) is -3.10. The number of rotatable bonds is 4. The molecule has 0 aliphatic carbocycles. The first kappa shape index (κ1) is 17.1. The van der Waals surface area contributed by atoms with Gasteiger partial charge in [-0.15, -0.1) is 0 Å². The van der Waals surface area contributed by atoms with E-state index in [1.54, 1.807) is 18.2 Å². The third kappa shape index (κ3) is 4.12. The molecule has 0 spiro atoms. The number of carbonyl (C=O) groups is 1. The Hall–Kier alpha value is -1.31. The summed E-state index contributed by atoms with van der Waals surface area (Å²) in [4.78, 5) is 13.7. The number of aliphatic hydroxyl groups excluding tert-OH is 1. The van der Waals surface area contributed by atoms with E-state index in [2.05, 4.69) is 5.32 Å². The Bertz CT molecular complexity index is 663. The summed E-state index contributed by atoms with van der Waals surface area (Å²) < 4.78 is 23.1. The van der Waals surface area contributed by atoms with E-state index in [4.69, 9.17) is 16.7 Å². The molecule has 1 aromatic carbocycles. The van der Waals surface area contributed by atoms with Crippen molar-refractivity contribution >= 4 is 33.2 Å². The first-order valence-electron chi connectivity index (χ1n) is 6.97. The molecular weight excluding hydrogens is 328 g/mol. The maximum absolute atomic E-state index is 12.4. The lowest BCUT2D eigenvalue weighted by molar-refractivity contribution is 0.169. The van der Waals surface area contributed by atoms with Crippen LogP contribution in [-0.2, 0) is 9.84 Å². The molecule has 0 bridgehead atoms. The maximum Gasteiger partial charge on any atom is 0.322 e. The van der Waals surface area contributed by atoms with Crippen molar-refractivity contribution in [1.82, 2.24) is 4.90 Å². The van der Waals surface area contributed by atoms with Crippen LogP contribution in [-0.4, -0.2) is 55.2 Å². The normalized spacial score (nSPS) is 19.9. The second-order valence-electron chi connectivity index (χ2n) is 5.37. The number of aryl methyl sites for hydroxylation is 1. The summed E-state index contributed by atoms with van der Waals surface area (Å²) in [5.74, 6) is 0.0122. The molecule has 1 aromatic rings. The van der Waals surface area contributed by atoms with Gasteiger partial charge in [-0.05, 0) is 31.0 Å². The fraction of sp³-hybridized carbons (Fsp3) is 0.500. The number of amides is 2. The van der Waals surface area contributed by atoms with Crippen LogP contribution in [0, 0.1) is 6.92 Å². The average molecular weight is 347 g/mol. The zero-order chi connectivity index (χ0) is 16.3. The Morgan fingerprint density at radius 3 is 2.77 bits per heavy atom. The molecule has 1 aliphatic rings. The third-order valence-electron chi connectivity index (χ3n) is 3.67. The van der Waals surface area contributed by atoms with Gasteiger partial charge in [-0.25, -0.2) is 13.2 Å². The fourth-order valence-electron chi connectivity index (χ4n) is 2.44. The second-order valence-corrected chi connectivity index (χ2v) is 8.00. The van der Waals surface area contributed by atoms with Gasteiger partial charge in [-0.3, -0.25) is 0 Å². The van der Waals surface area contributed by atoms with Crippen LogP contribution < -0.4 is 5.32 Å². The molecule has 0 radical (unpaired) electrons. The zero-order valence-corrected chi connectivity index (χ0v) is 13.8. The molecule has 2 rings (SSSR count). The van der Waals surface area contributed by atoms with Crippen molar-refractivity contribution < 1.29 is 18.3 Å². The number of hydrogen-bond donors (Lipinski definition) is 2. The monoisotopic (exact) mass is 346 g/mol. The van der Waals surface area contributed by atoms with Crippen molar-refractivity contribution in [2.45, 2.75) is 19.4 Å². The highest BCUT2D eigenvalue weighted by Crippen LogP contribution is 2.22. The fourth-order valence-corrected chi connectivity index (χ4v) is 4.36. The van der Waals surface area contributed by atoms with Gasteiger partial charge in [0.1, 0.15) is 0 Å². The Kier molecular flexibility index (Phi) is 5.31. The van der Waals surface area contributed by atoms with E-state index in [0.717, 1.165) is 5.56 Å². The predicted octanol–water partition coefficient (Wildman–Crippen LogP) is 1.66. The van der Waals surface area contributed by atoms with E-state index in [0.29, 0.717) is 17.1 Å². The summed E-state index contributed by atoms with van der Waals surface area (Å²) in [5.41, 5.74) is 1.43. The Morgan fingerprint density at radius 2 is 2.23 bits per heavy atom. The van der Waals surface area contributed by atoms with Gasteiger partial charge >= 0.3 is 6.03 Å². The minimum absolute atomic E-state index is 0.0604. The number of carbonyl (C=O) groups excluding carboxylic acids is 1. The highest BCUT2D eigenvalue weighted by molar-refractivity contribution is 7.91. The largest absolute Gasteiger partial charge is 0.395 e. The quantitative estimate of drug-likeness (QED) is 0.868. The van der Waals surface area contributed by atoms with Gasteiger partial charge in [0.15, 0.2) is 9.84 Å². The molecule has 1 atom stereocenters. The minimum Gasteiger partial charge on any atom is -0.395 e. The summed E-state index contributed by atoms with van der Waals surface area (Å²) in [6, 6.07) is 4.31. The molecule has 1 aliphatic heterocycles. The van der Waals surface area contributed by atoms with Crippen molar-refractivity contribution in [2.24, 2.45) is 0 Å². The van der Waals surface area contributed by atoms with Gasteiger partial charge in [0.2, 0.25) is 0 Å². The molecule has 0 aromatic heterocycles. The van der Waals surface area contributed by atoms with Crippen LogP contribution in [0.4, 0.5) is 10.5 Å². The summed E-state index contributed by atoms with van der Waals surface area (Å²) in [6.07, 6.45) is 0.393. The van der Waals surface area contributed by atoms with Gasteiger partial charge in [0, 0.05) is 23.3 Å². The third-order valence-corrected chi connectivity index (χ3v) is 5.83. The topological polar surface area (TPSA) is 86.7 Å². The Morgan fingerprint density at radius 1 is 1.50 bits per heavy atom. The molecular formula is C14H19ClN2O4S. The van der Waals surface area contributed by atoms with Gasteiger partial charge in [0.05, 0.1) is 18.1 Å². The van der Waals surface area contributed by atoms with Crippen LogP contribution in [0.25, 0.3) is 0 Å². The van der Waals surface area contributed by atoms with Crippen molar-refractivity contribution in [1.29, 1.82) is 0 Å². The highest BCUT2D eigenvalue weighted by atomic mass is 35.5. The summed E-state index contributed by atoms with van der Waals surface area (Å²) in [6.45, 7) is 1.72. The number of nitrogens with zero attached hydrogens (tertiary/aromatic N) is 1. The van der Waals surface area contributed by atoms with E-state index in [1.165, 1.54) is 4.90 Å². The van der Waals surface area contributed by atoms with Crippen LogP contribution in [0.15, 0.2) is 18.2 Å². The lowest BCUT2D eigenvalue weighted by Gasteiger charge is -2.27. The highest BCUT2D eigenvalue weighted by Gasteiger charge is 2.34. The number of halogens is 1. The lowest BCUT2D eigenvalue weighted by atomic mass is 10.2. The standard InChI is InChI=1S/C14H19ClN2O4S/c1-10-2-3-11(8-13(10)15)16-14(19)17(5-6-18)12-4-7-22(20,21)9-12/h2-3,8,12,18H,4-7,9H2,1H3,(H,16,19)/t12-/m1/s1. The number of sulfone groups is 1. The molecule has 8 heteroatoms. The maximum atomic E-state index is 12.4. The first-order chi connectivity index (χ1) is 10.3. The van der Waals surface area contributed by atoms with Crippen LogP contribution >= 0.6 is 11.6 Å². The van der Waals surface area contributed by atoms with Crippen LogP contribution in [0.2, 0.25) is 5.02 Å². The van der Waals surface area contributed by atoms with Gasteiger partial charge in [-0.2, -0.15) is 0 Å². The number of urea groups is 1.